The van der Waals surface area contributed by atoms with Gasteiger partial charge in [-0.3, -0.25) is 0 Å². The lowest BCUT2D eigenvalue weighted by Gasteiger charge is -1.97. The second kappa shape index (κ2) is 4.62. The minimum absolute atomic E-state index is 1.08. The highest BCUT2D eigenvalue weighted by Crippen LogP contribution is 2.32. The van der Waals surface area contributed by atoms with Crippen LogP contribution in [-0.2, 0) is 0 Å². The quantitative estimate of drug-likeness (QED) is 0.621. The third kappa shape index (κ3) is 2.87. The Hall–Kier alpha value is 0.650. The number of benzene rings is 1. The topological polar surface area (TPSA) is 0 Å². The van der Waals surface area contributed by atoms with Crippen LogP contribution in [0.1, 0.15) is 5.56 Å². The van der Waals surface area contributed by atoms with E-state index in [2.05, 4.69) is 66.6 Å². The van der Waals surface area contributed by atoms with Crippen LogP contribution >= 0.6 is 54.5 Å². The van der Waals surface area contributed by atoms with Crippen molar-refractivity contribution in [1.29, 1.82) is 0 Å². The molecule has 0 atom stereocenters. The lowest BCUT2D eigenvalue weighted by Crippen LogP contribution is -1.73. The second-order valence-corrected chi connectivity index (χ2v) is 6.09. The zero-order valence-electron chi connectivity index (χ0n) is 5.52. The molecule has 1 aromatic rings. The van der Waals surface area contributed by atoms with Crippen molar-refractivity contribution in [3.63, 3.8) is 0 Å². The number of hydrogen-bond acceptors (Lipinski definition) is 0. The van der Waals surface area contributed by atoms with Gasteiger partial charge in [-0.05, 0) is 60.0 Å². The van der Waals surface area contributed by atoms with Gasteiger partial charge in [0.15, 0.2) is 0 Å². The van der Waals surface area contributed by atoms with Gasteiger partial charge in [0.25, 0.3) is 0 Å². The van der Waals surface area contributed by atoms with Crippen LogP contribution in [0.2, 0.25) is 0 Å². The molecule has 0 aromatic heterocycles. The van der Waals surface area contributed by atoms with Gasteiger partial charge in [0.1, 0.15) is 0 Å². The molecular formula is C8H5Br2I. The van der Waals surface area contributed by atoms with Crippen LogP contribution in [0.4, 0.5) is 0 Å². The molecule has 0 heterocycles. The first-order valence-electron chi connectivity index (χ1n) is 2.98. The SMILES string of the molecule is Br/C(I)=C(\Br)c1ccccc1. The average molecular weight is 388 g/mol. The molecule has 11 heavy (non-hydrogen) atoms. The molecule has 0 radical (unpaired) electrons. The Morgan fingerprint density at radius 3 is 2.09 bits per heavy atom. The average Bonchev–Trinajstić information content (AvgIpc) is 2.05. The molecule has 0 spiro atoms. The summed E-state index contributed by atoms with van der Waals surface area (Å²) in [6.45, 7) is 0. The summed E-state index contributed by atoms with van der Waals surface area (Å²) in [6, 6.07) is 10.2. The summed E-state index contributed by atoms with van der Waals surface area (Å²) in [5.74, 6) is 0. The number of rotatable bonds is 1. The molecule has 0 aliphatic heterocycles. The summed E-state index contributed by atoms with van der Waals surface area (Å²) in [5.41, 5.74) is 1.19. The van der Waals surface area contributed by atoms with Crippen molar-refractivity contribution in [1.82, 2.24) is 0 Å². The van der Waals surface area contributed by atoms with Crippen molar-refractivity contribution in [3.8, 4) is 0 Å². The van der Waals surface area contributed by atoms with Gasteiger partial charge in [-0.2, -0.15) is 0 Å². The maximum Gasteiger partial charge on any atom is 0.0707 e. The highest BCUT2D eigenvalue weighted by Gasteiger charge is 1.98. The zero-order valence-corrected chi connectivity index (χ0v) is 10.9. The van der Waals surface area contributed by atoms with Crippen LogP contribution in [0.5, 0.6) is 0 Å². The second-order valence-electron chi connectivity index (χ2n) is 1.94. The molecule has 0 saturated heterocycles. The van der Waals surface area contributed by atoms with E-state index in [4.69, 9.17) is 0 Å². The Morgan fingerprint density at radius 1 is 1.09 bits per heavy atom. The van der Waals surface area contributed by atoms with Crippen molar-refractivity contribution in [2.24, 2.45) is 0 Å². The fourth-order valence-corrected chi connectivity index (χ4v) is 1.50. The third-order valence-electron chi connectivity index (χ3n) is 1.19. The molecule has 0 fully saturated rings. The normalized spacial score (nSPS) is 12.6. The Kier molecular flexibility index (Phi) is 4.09. The van der Waals surface area contributed by atoms with E-state index < -0.39 is 0 Å². The van der Waals surface area contributed by atoms with Crippen LogP contribution in [0.25, 0.3) is 4.48 Å². The Bertz CT molecular complexity index is 263. The fraction of sp³-hybridized carbons (Fsp3) is 0. The Morgan fingerprint density at radius 2 is 1.64 bits per heavy atom. The molecule has 0 N–H and O–H groups in total. The van der Waals surface area contributed by atoms with Crippen LogP contribution in [0.15, 0.2) is 32.8 Å². The van der Waals surface area contributed by atoms with Crippen molar-refractivity contribution in [2.45, 2.75) is 0 Å². The minimum Gasteiger partial charge on any atom is -0.0622 e. The minimum atomic E-state index is 1.08. The molecule has 1 rings (SSSR count). The van der Waals surface area contributed by atoms with E-state index in [1.54, 1.807) is 0 Å². The first-order valence-corrected chi connectivity index (χ1v) is 5.64. The Balaban J connectivity index is 3.04. The van der Waals surface area contributed by atoms with E-state index in [0.29, 0.717) is 0 Å². The van der Waals surface area contributed by atoms with Crippen LogP contribution in [-0.4, -0.2) is 0 Å². The van der Waals surface area contributed by atoms with E-state index in [1.165, 1.54) is 5.56 Å². The van der Waals surface area contributed by atoms with Gasteiger partial charge in [0.05, 0.1) is 2.49 Å². The van der Waals surface area contributed by atoms with Crippen LogP contribution in [0.3, 0.4) is 0 Å². The van der Waals surface area contributed by atoms with E-state index in [1.807, 2.05) is 18.2 Å². The van der Waals surface area contributed by atoms with E-state index in [0.717, 1.165) is 6.97 Å². The van der Waals surface area contributed by atoms with Crippen LogP contribution < -0.4 is 0 Å². The summed E-state index contributed by atoms with van der Waals surface area (Å²) in [4.78, 5) is 0. The predicted octanol–water partition coefficient (Wildman–Crippen LogP) is 4.54. The number of halogens is 3. The van der Waals surface area contributed by atoms with Gasteiger partial charge < -0.3 is 0 Å². The molecule has 0 aliphatic rings. The smallest absolute Gasteiger partial charge is 0.0622 e. The highest BCUT2D eigenvalue weighted by atomic mass is 127. The zero-order chi connectivity index (χ0) is 8.27. The lowest BCUT2D eigenvalue weighted by atomic mass is 10.2. The van der Waals surface area contributed by atoms with E-state index in [-0.39, 0.29) is 0 Å². The van der Waals surface area contributed by atoms with Gasteiger partial charge in [0, 0.05) is 4.48 Å². The van der Waals surface area contributed by atoms with E-state index >= 15 is 0 Å². The molecular weight excluding hydrogens is 383 g/mol. The van der Waals surface area contributed by atoms with Gasteiger partial charge in [-0.15, -0.1) is 0 Å². The molecule has 58 valence electrons. The third-order valence-corrected chi connectivity index (χ3v) is 4.26. The Labute approximate surface area is 96.5 Å². The summed E-state index contributed by atoms with van der Waals surface area (Å²) in [5, 5.41) is 0. The van der Waals surface area contributed by atoms with Crippen molar-refractivity contribution in [3.05, 3.63) is 38.4 Å². The van der Waals surface area contributed by atoms with Crippen molar-refractivity contribution >= 4 is 58.9 Å². The summed E-state index contributed by atoms with van der Waals surface area (Å²) >= 11 is 9.09. The summed E-state index contributed by atoms with van der Waals surface area (Å²) < 4.78 is 2.18. The maximum absolute atomic E-state index is 3.48. The lowest BCUT2D eigenvalue weighted by molar-refractivity contribution is 1.66. The predicted molar refractivity (Wildman–Crippen MR) is 65.2 cm³/mol. The molecule has 0 nitrogen and oxygen atoms in total. The van der Waals surface area contributed by atoms with E-state index in [9.17, 15) is 0 Å². The van der Waals surface area contributed by atoms with Gasteiger partial charge in [-0.25, -0.2) is 0 Å². The summed E-state index contributed by atoms with van der Waals surface area (Å²) in [7, 11) is 0. The van der Waals surface area contributed by atoms with Gasteiger partial charge in [0.2, 0.25) is 0 Å². The molecule has 0 aliphatic carbocycles. The maximum atomic E-state index is 3.48. The van der Waals surface area contributed by atoms with Crippen molar-refractivity contribution < 1.29 is 0 Å². The highest BCUT2D eigenvalue weighted by molar-refractivity contribution is 14.1. The molecule has 1 aromatic carbocycles. The standard InChI is InChI=1S/C8H5Br2I/c9-7(8(10)11)6-4-2-1-3-5-6/h1-5H/b8-7+. The first kappa shape index (κ1) is 9.74. The van der Waals surface area contributed by atoms with Crippen LogP contribution in [0, 0.1) is 0 Å². The number of hydrogen-bond donors (Lipinski definition) is 0. The monoisotopic (exact) mass is 386 g/mol. The first-order chi connectivity index (χ1) is 5.22. The molecule has 0 bridgehead atoms. The molecule has 0 unspecified atom stereocenters. The fourth-order valence-electron chi connectivity index (χ4n) is 0.694. The van der Waals surface area contributed by atoms with Crippen molar-refractivity contribution in [2.75, 3.05) is 0 Å². The van der Waals surface area contributed by atoms with Gasteiger partial charge in [-0.1, -0.05) is 30.3 Å². The summed E-state index contributed by atoms with van der Waals surface area (Å²) in [6.07, 6.45) is 0. The molecule has 0 saturated carbocycles. The molecule has 3 heteroatoms. The largest absolute Gasteiger partial charge is 0.0707 e. The molecule has 0 amide bonds. The van der Waals surface area contributed by atoms with Gasteiger partial charge >= 0.3 is 0 Å².